The van der Waals surface area contributed by atoms with E-state index in [4.69, 9.17) is 16.3 Å². The summed E-state index contributed by atoms with van der Waals surface area (Å²) in [6, 6.07) is 4.99. The van der Waals surface area contributed by atoms with Gasteiger partial charge in [0.05, 0.1) is 18.4 Å². The summed E-state index contributed by atoms with van der Waals surface area (Å²) in [7, 11) is 1.51. The van der Waals surface area contributed by atoms with Crippen LogP contribution in [0.5, 0.6) is 5.75 Å². The van der Waals surface area contributed by atoms with Crippen LogP contribution in [0.15, 0.2) is 18.2 Å². The lowest BCUT2D eigenvalue weighted by atomic mass is 10.1. The number of nitrogens with zero attached hydrogens (tertiary/aromatic N) is 1. The van der Waals surface area contributed by atoms with Gasteiger partial charge in [0.1, 0.15) is 5.75 Å². The SMILES string of the molecule is COc1ccc2c(c1)C(=O)C(=O)N2CCCl. The monoisotopic (exact) mass is 239 g/mol. The van der Waals surface area contributed by atoms with Crippen LogP contribution in [0.2, 0.25) is 0 Å². The summed E-state index contributed by atoms with van der Waals surface area (Å²) < 4.78 is 5.01. The number of fused-ring (bicyclic) bond motifs is 1. The minimum Gasteiger partial charge on any atom is -0.497 e. The summed E-state index contributed by atoms with van der Waals surface area (Å²) in [6.07, 6.45) is 0. The average molecular weight is 240 g/mol. The van der Waals surface area contributed by atoms with Crippen molar-refractivity contribution in [3.8, 4) is 5.75 Å². The lowest BCUT2D eigenvalue weighted by molar-refractivity contribution is -0.114. The number of rotatable bonds is 3. The maximum Gasteiger partial charge on any atom is 0.299 e. The average Bonchev–Trinajstić information content (AvgIpc) is 2.54. The van der Waals surface area contributed by atoms with Gasteiger partial charge < -0.3 is 9.64 Å². The number of alkyl halides is 1. The fraction of sp³-hybridized carbons (Fsp3) is 0.273. The van der Waals surface area contributed by atoms with E-state index in [2.05, 4.69) is 0 Å². The van der Waals surface area contributed by atoms with Gasteiger partial charge in [-0.25, -0.2) is 0 Å². The molecule has 5 heteroatoms. The third-order valence-corrected chi connectivity index (χ3v) is 2.66. The number of hydrogen-bond acceptors (Lipinski definition) is 3. The van der Waals surface area contributed by atoms with E-state index in [9.17, 15) is 9.59 Å². The van der Waals surface area contributed by atoms with Gasteiger partial charge in [0.15, 0.2) is 0 Å². The van der Waals surface area contributed by atoms with Crippen molar-refractivity contribution in [1.29, 1.82) is 0 Å². The van der Waals surface area contributed by atoms with Gasteiger partial charge in [-0.2, -0.15) is 0 Å². The highest BCUT2D eigenvalue weighted by atomic mass is 35.5. The molecular formula is C11H10ClNO3. The minimum absolute atomic E-state index is 0.296. The maximum atomic E-state index is 11.7. The van der Waals surface area contributed by atoms with Crippen LogP contribution in [0.25, 0.3) is 0 Å². The Balaban J connectivity index is 2.47. The highest BCUT2D eigenvalue weighted by Gasteiger charge is 2.35. The fourth-order valence-corrected chi connectivity index (χ4v) is 1.88. The van der Waals surface area contributed by atoms with Crippen LogP contribution in [-0.2, 0) is 4.79 Å². The van der Waals surface area contributed by atoms with Crippen molar-refractivity contribution in [2.24, 2.45) is 0 Å². The molecule has 0 N–H and O–H groups in total. The number of ether oxygens (including phenoxy) is 1. The lowest BCUT2D eigenvalue weighted by Gasteiger charge is -2.14. The Morgan fingerprint density at radius 2 is 2.12 bits per heavy atom. The van der Waals surface area contributed by atoms with Gasteiger partial charge in [-0.1, -0.05) is 0 Å². The standard InChI is InChI=1S/C11H10ClNO3/c1-16-7-2-3-9-8(6-7)10(14)11(15)13(9)5-4-12/h2-3,6H,4-5H2,1H3. The first-order valence-corrected chi connectivity index (χ1v) is 5.32. The number of Topliss-reactive ketones (excluding diaryl/α,β-unsaturated/α-hetero) is 1. The molecule has 1 aromatic rings. The van der Waals surface area contributed by atoms with Crippen LogP contribution < -0.4 is 9.64 Å². The first-order chi connectivity index (χ1) is 7.69. The second kappa shape index (κ2) is 4.14. The van der Waals surface area contributed by atoms with E-state index in [1.54, 1.807) is 18.2 Å². The van der Waals surface area contributed by atoms with Crippen LogP contribution in [0.3, 0.4) is 0 Å². The number of halogens is 1. The number of hydrogen-bond donors (Lipinski definition) is 0. The van der Waals surface area contributed by atoms with Crippen molar-refractivity contribution in [3.63, 3.8) is 0 Å². The number of methoxy groups -OCH3 is 1. The smallest absolute Gasteiger partial charge is 0.299 e. The van der Waals surface area contributed by atoms with Gasteiger partial charge in [-0.05, 0) is 18.2 Å². The molecule has 1 aliphatic heterocycles. The third-order valence-electron chi connectivity index (χ3n) is 2.49. The molecule has 0 spiro atoms. The summed E-state index contributed by atoms with van der Waals surface area (Å²) in [4.78, 5) is 24.7. The minimum atomic E-state index is -0.524. The van der Waals surface area contributed by atoms with Crippen molar-refractivity contribution in [2.45, 2.75) is 0 Å². The maximum absolute atomic E-state index is 11.7. The van der Waals surface area contributed by atoms with Gasteiger partial charge >= 0.3 is 0 Å². The predicted molar refractivity (Wildman–Crippen MR) is 60.4 cm³/mol. The van der Waals surface area contributed by atoms with E-state index in [-0.39, 0.29) is 0 Å². The highest BCUT2D eigenvalue weighted by molar-refractivity contribution is 6.52. The molecule has 1 heterocycles. The molecule has 1 amide bonds. The van der Waals surface area contributed by atoms with E-state index in [1.807, 2.05) is 0 Å². The van der Waals surface area contributed by atoms with Crippen molar-refractivity contribution >= 4 is 29.0 Å². The molecule has 2 rings (SSSR count). The van der Waals surface area contributed by atoms with Crippen LogP contribution in [0, 0.1) is 0 Å². The molecule has 0 fully saturated rings. The number of ketones is 1. The molecule has 16 heavy (non-hydrogen) atoms. The summed E-state index contributed by atoms with van der Waals surface area (Å²) in [5.41, 5.74) is 0.992. The van der Waals surface area contributed by atoms with Gasteiger partial charge in [0.2, 0.25) is 0 Å². The normalized spacial score (nSPS) is 14.2. The van der Waals surface area contributed by atoms with Gasteiger partial charge in [-0.3, -0.25) is 9.59 Å². The molecule has 0 radical (unpaired) electrons. The Labute approximate surface area is 97.7 Å². The molecule has 0 atom stereocenters. The number of benzene rings is 1. The van der Waals surface area contributed by atoms with Crippen molar-refractivity contribution in [2.75, 3.05) is 24.4 Å². The lowest BCUT2D eigenvalue weighted by Crippen LogP contribution is -2.31. The molecule has 0 saturated carbocycles. The first-order valence-electron chi connectivity index (χ1n) is 4.79. The molecule has 0 aromatic heterocycles. The molecule has 0 unspecified atom stereocenters. The molecular weight excluding hydrogens is 230 g/mol. The quantitative estimate of drug-likeness (QED) is 0.593. The number of anilines is 1. The molecule has 1 aliphatic rings. The first kappa shape index (κ1) is 11.0. The van der Waals surface area contributed by atoms with Gasteiger partial charge in [0.25, 0.3) is 11.7 Å². The zero-order valence-corrected chi connectivity index (χ0v) is 9.45. The van der Waals surface area contributed by atoms with Crippen molar-refractivity contribution < 1.29 is 14.3 Å². The zero-order valence-electron chi connectivity index (χ0n) is 8.70. The van der Waals surface area contributed by atoms with E-state index in [0.29, 0.717) is 29.4 Å². The Hall–Kier alpha value is -1.55. The van der Waals surface area contributed by atoms with Crippen molar-refractivity contribution in [3.05, 3.63) is 23.8 Å². The molecule has 4 nitrogen and oxygen atoms in total. The number of carbonyl (C=O) groups excluding carboxylic acids is 2. The Morgan fingerprint density at radius 1 is 1.38 bits per heavy atom. The molecule has 1 aromatic carbocycles. The summed E-state index contributed by atoms with van der Waals surface area (Å²) in [5, 5.41) is 0. The third kappa shape index (κ3) is 1.55. The van der Waals surface area contributed by atoms with E-state index in [0.717, 1.165) is 0 Å². The predicted octanol–water partition coefficient (Wildman–Crippen LogP) is 1.46. The summed E-state index contributed by atoms with van der Waals surface area (Å²) >= 11 is 5.59. The largest absolute Gasteiger partial charge is 0.497 e. The van der Waals surface area contributed by atoms with E-state index in [1.165, 1.54) is 12.0 Å². The molecule has 0 aliphatic carbocycles. The topological polar surface area (TPSA) is 46.6 Å². The Kier molecular flexibility index (Phi) is 2.83. The Morgan fingerprint density at radius 3 is 2.75 bits per heavy atom. The van der Waals surface area contributed by atoms with Crippen LogP contribution in [0.1, 0.15) is 10.4 Å². The zero-order chi connectivity index (χ0) is 11.7. The summed E-state index contributed by atoms with van der Waals surface area (Å²) in [6.45, 7) is 0.339. The van der Waals surface area contributed by atoms with Crippen molar-refractivity contribution in [1.82, 2.24) is 0 Å². The van der Waals surface area contributed by atoms with Crippen LogP contribution in [-0.4, -0.2) is 31.2 Å². The second-order valence-corrected chi connectivity index (χ2v) is 3.74. The van der Waals surface area contributed by atoms with Crippen LogP contribution in [0.4, 0.5) is 5.69 Å². The Bertz CT molecular complexity index is 459. The molecule has 0 saturated heterocycles. The second-order valence-electron chi connectivity index (χ2n) is 3.36. The number of carbonyl (C=O) groups is 2. The van der Waals surface area contributed by atoms with E-state index < -0.39 is 11.7 Å². The molecule has 84 valence electrons. The number of amides is 1. The highest BCUT2D eigenvalue weighted by Crippen LogP contribution is 2.31. The van der Waals surface area contributed by atoms with E-state index >= 15 is 0 Å². The summed E-state index contributed by atoms with van der Waals surface area (Å²) in [5.74, 6) is -0.166. The fourth-order valence-electron chi connectivity index (χ4n) is 1.71. The molecule has 0 bridgehead atoms. The van der Waals surface area contributed by atoms with Gasteiger partial charge in [-0.15, -0.1) is 11.6 Å². The van der Waals surface area contributed by atoms with Crippen LogP contribution >= 0.6 is 11.6 Å². The van der Waals surface area contributed by atoms with Gasteiger partial charge in [0, 0.05) is 12.4 Å².